The highest BCUT2D eigenvalue weighted by Gasteiger charge is 2.33. The molecule has 0 N–H and O–H groups in total. The summed E-state index contributed by atoms with van der Waals surface area (Å²) in [5, 5.41) is 0. The van der Waals surface area contributed by atoms with E-state index in [1.165, 1.54) is 12.1 Å². The van der Waals surface area contributed by atoms with Crippen LogP contribution in [0.3, 0.4) is 0 Å². The molecule has 0 aliphatic heterocycles. The van der Waals surface area contributed by atoms with E-state index in [0.29, 0.717) is 5.75 Å². The maximum Gasteiger partial charge on any atom is 0.417 e. The molecule has 0 saturated carbocycles. The van der Waals surface area contributed by atoms with Crippen LogP contribution in [-0.2, 0) is 6.18 Å². The summed E-state index contributed by atoms with van der Waals surface area (Å²) in [7, 11) is 1.54. The Hall–Kier alpha value is -2.61. The van der Waals surface area contributed by atoms with E-state index in [-0.39, 0.29) is 11.3 Å². The van der Waals surface area contributed by atoms with Crippen LogP contribution in [0, 0.1) is 12.3 Å². The van der Waals surface area contributed by atoms with Gasteiger partial charge in [0.2, 0.25) is 0 Å². The molecule has 1 atom stereocenters. The zero-order chi connectivity index (χ0) is 17.0. The Balaban J connectivity index is 2.28. The summed E-state index contributed by atoms with van der Waals surface area (Å²) >= 11 is 0. The van der Waals surface area contributed by atoms with E-state index in [4.69, 9.17) is 15.9 Å². The standard InChI is InChI=1S/C18H15F3O2/c1-4-13-8-9-16(11-17(13)18(19,20)21)23-12(2)14-6-5-7-15(10-14)22-3/h1,5-12H,2-3H3. The fraction of sp³-hybridized carbons (Fsp3) is 0.222. The number of terminal acetylenes is 1. The molecule has 0 aromatic heterocycles. The molecule has 120 valence electrons. The van der Waals surface area contributed by atoms with Gasteiger partial charge in [-0.3, -0.25) is 0 Å². The normalized spacial score (nSPS) is 12.3. The number of methoxy groups -OCH3 is 1. The fourth-order valence-corrected chi connectivity index (χ4v) is 2.12. The number of ether oxygens (including phenoxy) is 2. The van der Waals surface area contributed by atoms with Crippen molar-refractivity contribution in [2.24, 2.45) is 0 Å². The van der Waals surface area contributed by atoms with Gasteiger partial charge in [-0.05, 0) is 42.8 Å². The first-order valence-corrected chi connectivity index (χ1v) is 6.83. The summed E-state index contributed by atoms with van der Waals surface area (Å²) in [5.41, 5.74) is -0.298. The number of benzene rings is 2. The van der Waals surface area contributed by atoms with E-state index in [1.54, 1.807) is 32.2 Å². The molecular weight excluding hydrogens is 305 g/mol. The average Bonchev–Trinajstić information content (AvgIpc) is 2.54. The van der Waals surface area contributed by atoms with Crippen molar-refractivity contribution in [2.75, 3.05) is 7.11 Å². The van der Waals surface area contributed by atoms with E-state index in [2.05, 4.69) is 0 Å². The summed E-state index contributed by atoms with van der Waals surface area (Å²) in [6.07, 6.45) is 0.148. The molecule has 0 amide bonds. The zero-order valence-electron chi connectivity index (χ0n) is 12.6. The molecule has 0 bridgehead atoms. The van der Waals surface area contributed by atoms with E-state index in [0.717, 1.165) is 11.6 Å². The first kappa shape index (κ1) is 16.8. The third-order valence-corrected chi connectivity index (χ3v) is 3.33. The van der Waals surface area contributed by atoms with Gasteiger partial charge in [-0.15, -0.1) is 6.42 Å². The van der Waals surface area contributed by atoms with Gasteiger partial charge in [-0.25, -0.2) is 0 Å². The Morgan fingerprint density at radius 1 is 1.09 bits per heavy atom. The third-order valence-electron chi connectivity index (χ3n) is 3.33. The Labute approximate surface area is 132 Å². The van der Waals surface area contributed by atoms with Crippen LogP contribution >= 0.6 is 0 Å². The lowest BCUT2D eigenvalue weighted by Gasteiger charge is -2.17. The van der Waals surface area contributed by atoms with Crippen molar-refractivity contribution < 1.29 is 22.6 Å². The second kappa shape index (κ2) is 6.66. The van der Waals surface area contributed by atoms with Gasteiger partial charge < -0.3 is 9.47 Å². The summed E-state index contributed by atoms with van der Waals surface area (Å²) in [6.45, 7) is 1.75. The van der Waals surface area contributed by atoms with Gasteiger partial charge in [0, 0.05) is 5.56 Å². The van der Waals surface area contributed by atoms with Crippen LogP contribution in [-0.4, -0.2) is 7.11 Å². The molecule has 2 aromatic rings. The van der Waals surface area contributed by atoms with E-state index in [1.807, 2.05) is 12.0 Å². The largest absolute Gasteiger partial charge is 0.497 e. The van der Waals surface area contributed by atoms with Crippen molar-refractivity contribution >= 4 is 0 Å². The molecule has 23 heavy (non-hydrogen) atoms. The molecular formula is C18H15F3O2. The Morgan fingerprint density at radius 3 is 2.43 bits per heavy atom. The van der Waals surface area contributed by atoms with E-state index < -0.39 is 17.8 Å². The number of rotatable bonds is 4. The molecule has 2 nitrogen and oxygen atoms in total. The number of halogens is 3. The van der Waals surface area contributed by atoms with Crippen LogP contribution < -0.4 is 9.47 Å². The summed E-state index contributed by atoms with van der Waals surface area (Å²) < 4.78 is 49.8. The molecule has 0 aliphatic carbocycles. The van der Waals surface area contributed by atoms with Gasteiger partial charge in [0.15, 0.2) is 0 Å². The molecule has 0 spiro atoms. The average molecular weight is 320 g/mol. The molecule has 0 aliphatic rings. The van der Waals surface area contributed by atoms with E-state index >= 15 is 0 Å². The van der Waals surface area contributed by atoms with Gasteiger partial charge in [-0.2, -0.15) is 13.2 Å². The maximum absolute atomic E-state index is 13.0. The minimum absolute atomic E-state index is 0.103. The second-order valence-corrected chi connectivity index (χ2v) is 4.89. The predicted octanol–water partition coefficient (Wildman–Crippen LogP) is 4.84. The fourth-order valence-electron chi connectivity index (χ4n) is 2.12. The van der Waals surface area contributed by atoms with Crippen molar-refractivity contribution in [1.29, 1.82) is 0 Å². The second-order valence-electron chi connectivity index (χ2n) is 4.89. The summed E-state index contributed by atoms with van der Waals surface area (Å²) in [5.74, 6) is 2.79. The Morgan fingerprint density at radius 2 is 1.83 bits per heavy atom. The lowest BCUT2D eigenvalue weighted by atomic mass is 10.1. The van der Waals surface area contributed by atoms with E-state index in [9.17, 15) is 13.2 Å². The number of hydrogen-bond acceptors (Lipinski definition) is 2. The van der Waals surface area contributed by atoms with Crippen LogP contribution in [0.15, 0.2) is 42.5 Å². The SMILES string of the molecule is C#Cc1ccc(OC(C)c2cccc(OC)c2)cc1C(F)(F)F. The highest BCUT2D eigenvalue weighted by molar-refractivity contribution is 5.46. The Bertz CT molecular complexity index is 730. The van der Waals surface area contributed by atoms with Crippen molar-refractivity contribution in [3.63, 3.8) is 0 Å². The number of alkyl halides is 3. The van der Waals surface area contributed by atoms with Gasteiger partial charge in [-0.1, -0.05) is 18.1 Å². The molecule has 0 saturated heterocycles. The summed E-state index contributed by atoms with van der Waals surface area (Å²) in [4.78, 5) is 0. The maximum atomic E-state index is 13.0. The highest BCUT2D eigenvalue weighted by atomic mass is 19.4. The van der Waals surface area contributed by atoms with Crippen molar-refractivity contribution in [3.05, 3.63) is 59.2 Å². The first-order valence-electron chi connectivity index (χ1n) is 6.83. The topological polar surface area (TPSA) is 18.5 Å². The van der Waals surface area contributed by atoms with Crippen LogP contribution in [0.5, 0.6) is 11.5 Å². The molecule has 5 heteroatoms. The number of hydrogen-bond donors (Lipinski definition) is 0. The van der Waals surface area contributed by atoms with Crippen molar-refractivity contribution in [1.82, 2.24) is 0 Å². The predicted molar refractivity (Wildman–Crippen MR) is 81.4 cm³/mol. The van der Waals surface area contributed by atoms with Crippen molar-refractivity contribution in [2.45, 2.75) is 19.2 Å². The lowest BCUT2D eigenvalue weighted by molar-refractivity contribution is -0.137. The highest BCUT2D eigenvalue weighted by Crippen LogP contribution is 2.35. The van der Waals surface area contributed by atoms with Gasteiger partial charge in [0.25, 0.3) is 0 Å². The van der Waals surface area contributed by atoms with Crippen molar-refractivity contribution in [3.8, 4) is 23.8 Å². The molecule has 2 aromatic carbocycles. The van der Waals surface area contributed by atoms with Crippen LogP contribution in [0.2, 0.25) is 0 Å². The molecule has 0 heterocycles. The summed E-state index contributed by atoms with van der Waals surface area (Å²) in [6, 6.07) is 10.7. The van der Waals surface area contributed by atoms with Crippen LogP contribution in [0.4, 0.5) is 13.2 Å². The minimum atomic E-state index is -4.53. The third kappa shape index (κ3) is 3.98. The quantitative estimate of drug-likeness (QED) is 0.751. The monoisotopic (exact) mass is 320 g/mol. The van der Waals surface area contributed by atoms with Gasteiger partial charge >= 0.3 is 6.18 Å². The zero-order valence-corrected chi connectivity index (χ0v) is 12.6. The first-order chi connectivity index (χ1) is 10.8. The molecule has 0 fully saturated rings. The molecule has 1 unspecified atom stereocenters. The van der Waals surface area contributed by atoms with Crippen LogP contribution in [0.1, 0.15) is 29.7 Å². The lowest BCUT2D eigenvalue weighted by Crippen LogP contribution is -2.09. The van der Waals surface area contributed by atoms with Gasteiger partial charge in [0.05, 0.1) is 12.7 Å². The molecule has 2 rings (SSSR count). The smallest absolute Gasteiger partial charge is 0.417 e. The van der Waals surface area contributed by atoms with Crippen LogP contribution in [0.25, 0.3) is 0 Å². The Kier molecular flexibility index (Phi) is 4.85. The van der Waals surface area contributed by atoms with Gasteiger partial charge in [0.1, 0.15) is 17.6 Å². The molecule has 0 radical (unpaired) electrons. The minimum Gasteiger partial charge on any atom is -0.497 e.